The molecule has 0 fully saturated rings. The molecule has 0 saturated carbocycles. The van der Waals surface area contributed by atoms with Gasteiger partial charge in [0.15, 0.2) is 0 Å². The Morgan fingerprint density at radius 2 is 1.88 bits per heavy atom. The lowest BCUT2D eigenvalue weighted by Crippen LogP contribution is -2.15. The molecule has 2 heteroatoms. The number of benzene rings is 1. The van der Waals surface area contributed by atoms with Crippen molar-refractivity contribution in [1.29, 1.82) is 0 Å². The Hall–Kier alpha value is -1.02. The van der Waals surface area contributed by atoms with E-state index in [9.17, 15) is 5.11 Å². The third-order valence-electron chi connectivity index (χ3n) is 2.82. The molecule has 0 saturated heterocycles. The molecule has 1 aromatic carbocycles. The molecule has 1 aromatic rings. The minimum Gasteiger partial charge on any atom is -0.490 e. The van der Waals surface area contributed by atoms with Gasteiger partial charge in [-0.05, 0) is 38.3 Å². The molecule has 0 aliphatic carbocycles. The predicted molar refractivity (Wildman–Crippen MR) is 66.8 cm³/mol. The standard InChI is InChI=1S/C14H22O2/c1-5-12(6-2)16-14-9-10(3)7-8-13(14)11(4)15/h7-9,11-12,15H,5-6H2,1-4H3/t11-/m1/s1. The van der Waals surface area contributed by atoms with Gasteiger partial charge in [-0.2, -0.15) is 0 Å². The Balaban J connectivity index is 2.95. The van der Waals surface area contributed by atoms with Gasteiger partial charge in [0.2, 0.25) is 0 Å². The van der Waals surface area contributed by atoms with E-state index in [4.69, 9.17) is 4.74 Å². The van der Waals surface area contributed by atoms with E-state index in [1.807, 2.05) is 25.1 Å². The summed E-state index contributed by atoms with van der Waals surface area (Å²) in [4.78, 5) is 0. The number of aliphatic hydroxyl groups is 1. The Bertz CT molecular complexity index is 328. The molecular weight excluding hydrogens is 200 g/mol. The fourth-order valence-corrected chi connectivity index (χ4v) is 1.72. The van der Waals surface area contributed by atoms with E-state index < -0.39 is 6.10 Å². The van der Waals surface area contributed by atoms with Gasteiger partial charge < -0.3 is 9.84 Å². The highest BCUT2D eigenvalue weighted by Gasteiger charge is 2.12. The van der Waals surface area contributed by atoms with Crippen LogP contribution in [0.25, 0.3) is 0 Å². The zero-order valence-electron chi connectivity index (χ0n) is 10.7. The van der Waals surface area contributed by atoms with Gasteiger partial charge in [-0.3, -0.25) is 0 Å². The molecule has 0 radical (unpaired) electrons. The number of aliphatic hydroxyl groups excluding tert-OH is 1. The first-order valence-electron chi connectivity index (χ1n) is 6.03. The summed E-state index contributed by atoms with van der Waals surface area (Å²) in [7, 11) is 0. The van der Waals surface area contributed by atoms with Crippen LogP contribution in [-0.2, 0) is 0 Å². The van der Waals surface area contributed by atoms with Gasteiger partial charge in [0.25, 0.3) is 0 Å². The van der Waals surface area contributed by atoms with Crippen LogP contribution in [-0.4, -0.2) is 11.2 Å². The Labute approximate surface area is 98.3 Å². The second-order valence-corrected chi connectivity index (χ2v) is 4.27. The van der Waals surface area contributed by atoms with Crippen molar-refractivity contribution in [2.24, 2.45) is 0 Å². The van der Waals surface area contributed by atoms with Gasteiger partial charge in [-0.1, -0.05) is 26.0 Å². The predicted octanol–water partition coefficient (Wildman–Crippen LogP) is 3.62. The van der Waals surface area contributed by atoms with Gasteiger partial charge >= 0.3 is 0 Å². The SMILES string of the molecule is CCC(CC)Oc1cc(C)ccc1[C@@H](C)O. The lowest BCUT2D eigenvalue weighted by atomic mass is 10.1. The number of aryl methyl sites for hydroxylation is 1. The highest BCUT2D eigenvalue weighted by molar-refractivity contribution is 5.38. The third-order valence-corrected chi connectivity index (χ3v) is 2.82. The molecule has 16 heavy (non-hydrogen) atoms. The maximum absolute atomic E-state index is 9.67. The smallest absolute Gasteiger partial charge is 0.125 e. The minimum absolute atomic E-state index is 0.235. The molecule has 90 valence electrons. The molecule has 0 aromatic heterocycles. The monoisotopic (exact) mass is 222 g/mol. The molecular formula is C14H22O2. The second kappa shape index (κ2) is 5.90. The number of ether oxygens (including phenoxy) is 1. The van der Waals surface area contributed by atoms with Crippen molar-refractivity contribution in [2.45, 2.75) is 52.7 Å². The topological polar surface area (TPSA) is 29.5 Å². The highest BCUT2D eigenvalue weighted by atomic mass is 16.5. The normalized spacial score (nSPS) is 12.9. The molecule has 0 amide bonds. The first kappa shape index (κ1) is 13.0. The van der Waals surface area contributed by atoms with E-state index in [2.05, 4.69) is 13.8 Å². The first-order valence-corrected chi connectivity index (χ1v) is 6.03. The van der Waals surface area contributed by atoms with Crippen molar-refractivity contribution >= 4 is 0 Å². The number of hydrogen-bond donors (Lipinski definition) is 1. The van der Waals surface area contributed by atoms with E-state index >= 15 is 0 Å². The van der Waals surface area contributed by atoms with Gasteiger partial charge in [0, 0.05) is 5.56 Å². The summed E-state index contributed by atoms with van der Waals surface area (Å²) in [6.07, 6.45) is 1.73. The van der Waals surface area contributed by atoms with E-state index in [1.54, 1.807) is 6.92 Å². The van der Waals surface area contributed by atoms with Crippen LogP contribution in [0.2, 0.25) is 0 Å². The van der Waals surface area contributed by atoms with Gasteiger partial charge in [-0.15, -0.1) is 0 Å². The summed E-state index contributed by atoms with van der Waals surface area (Å²) in [5, 5.41) is 9.67. The zero-order chi connectivity index (χ0) is 12.1. The van der Waals surface area contributed by atoms with Crippen molar-refractivity contribution < 1.29 is 9.84 Å². The number of hydrogen-bond acceptors (Lipinski definition) is 2. The van der Waals surface area contributed by atoms with Crippen LogP contribution >= 0.6 is 0 Å². The van der Waals surface area contributed by atoms with Crippen LogP contribution < -0.4 is 4.74 Å². The first-order chi connectivity index (χ1) is 7.58. The lowest BCUT2D eigenvalue weighted by Gasteiger charge is -2.20. The average molecular weight is 222 g/mol. The minimum atomic E-state index is -0.482. The van der Waals surface area contributed by atoms with Gasteiger partial charge in [0.05, 0.1) is 12.2 Å². The fourth-order valence-electron chi connectivity index (χ4n) is 1.72. The third kappa shape index (κ3) is 3.24. The maximum Gasteiger partial charge on any atom is 0.125 e. The van der Waals surface area contributed by atoms with E-state index in [0.717, 1.165) is 29.7 Å². The molecule has 2 nitrogen and oxygen atoms in total. The summed E-state index contributed by atoms with van der Waals surface area (Å²) >= 11 is 0. The summed E-state index contributed by atoms with van der Waals surface area (Å²) in [6, 6.07) is 5.94. The van der Waals surface area contributed by atoms with Crippen LogP contribution in [0.3, 0.4) is 0 Å². The van der Waals surface area contributed by atoms with Crippen molar-refractivity contribution in [3.63, 3.8) is 0 Å². The zero-order valence-corrected chi connectivity index (χ0v) is 10.7. The maximum atomic E-state index is 9.67. The van der Waals surface area contributed by atoms with Crippen molar-refractivity contribution in [2.75, 3.05) is 0 Å². The largest absolute Gasteiger partial charge is 0.490 e. The fraction of sp³-hybridized carbons (Fsp3) is 0.571. The van der Waals surface area contributed by atoms with Crippen molar-refractivity contribution in [3.05, 3.63) is 29.3 Å². The number of rotatable bonds is 5. The average Bonchev–Trinajstić information content (AvgIpc) is 2.25. The van der Waals surface area contributed by atoms with E-state index in [0.29, 0.717) is 0 Å². The van der Waals surface area contributed by atoms with Crippen LogP contribution in [0.1, 0.15) is 50.8 Å². The van der Waals surface area contributed by atoms with Crippen molar-refractivity contribution in [1.82, 2.24) is 0 Å². The van der Waals surface area contributed by atoms with E-state index in [-0.39, 0.29) is 6.10 Å². The Morgan fingerprint density at radius 1 is 1.25 bits per heavy atom. The summed E-state index contributed by atoms with van der Waals surface area (Å²) in [5.41, 5.74) is 2.03. The van der Waals surface area contributed by atoms with E-state index in [1.165, 1.54) is 0 Å². The summed E-state index contributed by atoms with van der Waals surface area (Å²) in [6.45, 7) is 8.04. The van der Waals surface area contributed by atoms with Crippen LogP contribution in [0.15, 0.2) is 18.2 Å². The Kier molecular flexibility index (Phi) is 4.81. The second-order valence-electron chi connectivity index (χ2n) is 4.27. The van der Waals surface area contributed by atoms with Crippen LogP contribution in [0.5, 0.6) is 5.75 Å². The van der Waals surface area contributed by atoms with Crippen LogP contribution in [0, 0.1) is 6.92 Å². The molecule has 1 rings (SSSR count). The molecule has 0 heterocycles. The quantitative estimate of drug-likeness (QED) is 0.824. The molecule has 1 N–H and O–H groups in total. The summed E-state index contributed by atoms with van der Waals surface area (Å²) in [5.74, 6) is 0.823. The summed E-state index contributed by atoms with van der Waals surface area (Å²) < 4.78 is 5.93. The molecule has 0 unspecified atom stereocenters. The molecule has 0 aliphatic heterocycles. The van der Waals surface area contributed by atoms with Gasteiger partial charge in [-0.25, -0.2) is 0 Å². The molecule has 0 spiro atoms. The highest BCUT2D eigenvalue weighted by Crippen LogP contribution is 2.28. The van der Waals surface area contributed by atoms with Crippen molar-refractivity contribution in [3.8, 4) is 5.75 Å². The van der Waals surface area contributed by atoms with Crippen LogP contribution in [0.4, 0.5) is 0 Å². The molecule has 0 bridgehead atoms. The molecule has 1 atom stereocenters. The Morgan fingerprint density at radius 3 is 2.38 bits per heavy atom. The lowest BCUT2D eigenvalue weighted by molar-refractivity contribution is 0.166. The molecule has 0 aliphatic rings. The van der Waals surface area contributed by atoms with Gasteiger partial charge in [0.1, 0.15) is 5.75 Å².